The third-order valence-corrected chi connectivity index (χ3v) is 7.26. The van der Waals surface area contributed by atoms with E-state index in [1.165, 1.54) is 41.5 Å². The fraction of sp³-hybridized carbons (Fsp3) is 0.214. The Balaban J connectivity index is 1.38. The Hall–Kier alpha value is -3.98. The summed E-state index contributed by atoms with van der Waals surface area (Å²) < 4.78 is 39.4. The molecule has 1 aliphatic heterocycles. The average molecular weight is 523 g/mol. The van der Waals surface area contributed by atoms with Crippen LogP contribution < -0.4 is 4.74 Å². The van der Waals surface area contributed by atoms with Gasteiger partial charge in [0.15, 0.2) is 0 Å². The molecule has 0 saturated heterocycles. The van der Waals surface area contributed by atoms with E-state index in [1.807, 2.05) is 11.4 Å². The van der Waals surface area contributed by atoms with Crippen molar-refractivity contribution in [3.63, 3.8) is 0 Å². The van der Waals surface area contributed by atoms with E-state index >= 15 is 0 Å². The smallest absolute Gasteiger partial charge is 0.257 e. The maximum Gasteiger partial charge on any atom is 0.257 e. The van der Waals surface area contributed by atoms with Gasteiger partial charge in [0.25, 0.3) is 5.91 Å². The van der Waals surface area contributed by atoms with Crippen LogP contribution in [0.2, 0.25) is 0 Å². The number of halogens is 2. The molecule has 0 bridgehead atoms. The summed E-state index contributed by atoms with van der Waals surface area (Å²) >= 11 is 1.62. The summed E-state index contributed by atoms with van der Waals surface area (Å²) in [5.74, 6) is -1.15. The van der Waals surface area contributed by atoms with Gasteiger partial charge in [-0.05, 0) is 59.8 Å². The number of nitrogens with zero attached hydrogens (tertiary/aromatic N) is 2. The van der Waals surface area contributed by atoms with Gasteiger partial charge in [0.2, 0.25) is 5.91 Å². The van der Waals surface area contributed by atoms with E-state index in [-0.39, 0.29) is 31.2 Å². The fourth-order valence-electron chi connectivity index (χ4n) is 4.46. The number of rotatable bonds is 8. The minimum absolute atomic E-state index is 0.00784. The Labute approximate surface area is 216 Å². The second-order valence-electron chi connectivity index (χ2n) is 8.64. The SMILES string of the molecule is O=C(c1ccccc1F)N(CC(=O)N1CCc2sccc2[C@@H]1COc1cccc(F)c1)Cc1ccco1. The van der Waals surface area contributed by atoms with Gasteiger partial charge in [-0.2, -0.15) is 0 Å². The molecule has 2 aromatic carbocycles. The van der Waals surface area contributed by atoms with Gasteiger partial charge in [-0.25, -0.2) is 8.78 Å². The number of hydrogen-bond acceptors (Lipinski definition) is 5. The van der Waals surface area contributed by atoms with Crippen molar-refractivity contribution >= 4 is 23.2 Å². The van der Waals surface area contributed by atoms with Crippen LogP contribution in [0, 0.1) is 11.6 Å². The molecule has 0 spiro atoms. The van der Waals surface area contributed by atoms with Crippen molar-refractivity contribution in [3.8, 4) is 5.75 Å². The molecular formula is C28H24F2N2O4S. The minimum atomic E-state index is -0.661. The topological polar surface area (TPSA) is 63.0 Å². The highest BCUT2D eigenvalue weighted by Gasteiger charge is 2.34. The van der Waals surface area contributed by atoms with Crippen LogP contribution in [-0.2, 0) is 17.8 Å². The standard InChI is InChI=1S/C28H24F2N2O4S/c29-19-5-3-6-20(15-19)36-18-25-23-11-14-37-26(23)10-12-32(25)27(33)17-31(16-21-7-4-13-35-21)28(34)22-8-1-2-9-24(22)30/h1-9,11,13-15,25H,10,12,16-18H2/t25-/m0/s1. The van der Waals surface area contributed by atoms with E-state index in [1.54, 1.807) is 46.6 Å². The number of benzene rings is 2. The number of hydrogen-bond donors (Lipinski definition) is 0. The van der Waals surface area contributed by atoms with E-state index in [9.17, 15) is 18.4 Å². The highest BCUT2D eigenvalue weighted by atomic mass is 32.1. The molecule has 0 N–H and O–H groups in total. The van der Waals surface area contributed by atoms with Crippen LogP contribution >= 0.6 is 11.3 Å². The van der Waals surface area contributed by atoms with Crippen LogP contribution in [0.25, 0.3) is 0 Å². The van der Waals surface area contributed by atoms with E-state index < -0.39 is 23.6 Å². The number of thiophene rings is 1. The molecule has 0 unspecified atom stereocenters. The van der Waals surface area contributed by atoms with Crippen LogP contribution in [-0.4, -0.2) is 41.3 Å². The highest BCUT2D eigenvalue weighted by molar-refractivity contribution is 7.10. The van der Waals surface area contributed by atoms with E-state index in [0.29, 0.717) is 24.5 Å². The predicted octanol–water partition coefficient (Wildman–Crippen LogP) is 5.47. The molecule has 5 rings (SSSR count). The molecule has 0 saturated carbocycles. The first-order valence-electron chi connectivity index (χ1n) is 11.8. The predicted molar refractivity (Wildman–Crippen MR) is 134 cm³/mol. The first-order valence-corrected chi connectivity index (χ1v) is 12.7. The van der Waals surface area contributed by atoms with Crippen molar-refractivity contribution in [3.05, 3.63) is 112 Å². The third-order valence-electron chi connectivity index (χ3n) is 6.26. The zero-order chi connectivity index (χ0) is 25.8. The van der Waals surface area contributed by atoms with E-state index in [2.05, 4.69) is 0 Å². The lowest BCUT2D eigenvalue weighted by Crippen LogP contribution is -2.47. The summed E-state index contributed by atoms with van der Waals surface area (Å²) in [7, 11) is 0. The van der Waals surface area contributed by atoms with Crippen molar-refractivity contribution in [1.82, 2.24) is 9.80 Å². The Morgan fingerprint density at radius 3 is 2.73 bits per heavy atom. The Kier molecular flexibility index (Phi) is 7.32. The molecular weight excluding hydrogens is 498 g/mol. The zero-order valence-electron chi connectivity index (χ0n) is 19.8. The van der Waals surface area contributed by atoms with E-state index in [4.69, 9.17) is 9.15 Å². The molecule has 6 nitrogen and oxygen atoms in total. The maximum absolute atomic E-state index is 14.4. The molecule has 1 atom stereocenters. The third kappa shape index (κ3) is 5.56. The summed E-state index contributed by atoms with van der Waals surface area (Å²) in [6.45, 7) is 0.294. The second-order valence-corrected chi connectivity index (χ2v) is 9.64. The minimum Gasteiger partial charge on any atom is -0.491 e. The van der Waals surface area contributed by atoms with Gasteiger partial charge in [-0.1, -0.05) is 18.2 Å². The zero-order valence-corrected chi connectivity index (χ0v) is 20.6. The molecule has 4 aromatic rings. The van der Waals surface area contributed by atoms with Crippen LogP contribution in [0.4, 0.5) is 8.78 Å². The summed E-state index contributed by atoms with van der Waals surface area (Å²) in [6.07, 6.45) is 2.15. The monoisotopic (exact) mass is 522 g/mol. The van der Waals surface area contributed by atoms with Gasteiger partial charge in [0.1, 0.15) is 36.3 Å². The fourth-order valence-corrected chi connectivity index (χ4v) is 5.38. The van der Waals surface area contributed by atoms with Crippen LogP contribution in [0.1, 0.15) is 32.6 Å². The van der Waals surface area contributed by atoms with Gasteiger partial charge in [-0.15, -0.1) is 11.3 Å². The summed E-state index contributed by atoms with van der Waals surface area (Å²) in [6, 6.07) is 16.5. The van der Waals surface area contributed by atoms with Crippen molar-refractivity contribution in [2.75, 3.05) is 19.7 Å². The van der Waals surface area contributed by atoms with Crippen LogP contribution in [0.5, 0.6) is 5.75 Å². The molecule has 9 heteroatoms. The molecule has 0 aliphatic carbocycles. The molecule has 2 aromatic heterocycles. The quantitative estimate of drug-likeness (QED) is 0.308. The molecule has 37 heavy (non-hydrogen) atoms. The van der Waals surface area contributed by atoms with Gasteiger partial charge < -0.3 is 19.0 Å². The first-order chi connectivity index (χ1) is 18.0. The van der Waals surface area contributed by atoms with Crippen LogP contribution in [0.15, 0.2) is 82.8 Å². The first kappa shape index (κ1) is 24.7. The number of furan rings is 1. The lowest BCUT2D eigenvalue weighted by molar-refractivity contribution is -0.135. The highest BCUT2D eigenvalue weighted by Crippen LogP contribution is 2.34. The van der Waals surface area contributed by atoms with Crippen molar-refractivity contribution in [1.29, 1.82) is 0 Å². The Morgan fingerprint density at radius 2 is 1.95 bits per heavy atom. The molecule has 190 valence electrons. The lowest BCUT2D eigenvalue weighted by Gasteiger charge is -2.37. The van der Waals surface area contributed by atoms with Gasteiger partial charge in [0.05, 0.1) is 24.4 Å². The van der Waals surface area contributed by atoms with Gasteiger partial charge in [0, 0.05) is 17.5 Å². The average Bonchev–Trinajstić information content (AvgIpc) is 3.59. The summed E-state index contributed by atoms with van der Waals surface area (Å²) in [5, 5.41) is 1.97. The van der Waals surface area contributed by atoms with Crippen molar-refractivity contribution in [2.24, 2.45) is 0 Å². The number of fused-ring (bicyclic) bond motifs is 1. The molecule has 1 aliphatic rings. The van der Waals surface area contributed by atoms with E-state index in [0.717, 1.165) is 10.4 Å². The molecule has 2 amide bonds. The van der Waals surface area contributed by atoms with Crippen molar-refractivity contribution in [2.45, 2.75) is 19.0 Å². The number of amides is 2. The van der Waals surface area contributed by atoms with Gasteiger partial charge >= 0.3 is 0 Å². The summed E-state index contributed by atoms with van der Waals surface area (Å²) in [4.78, 5) is 31.1. The molecule has 3 heterocycles. The lowest BCUT2D eigenvalue weighted by atomic mass is 10.0. The van der Waals surface area contributed by atoms with Crippen LogP contribution in [0.3, 0.4) is 0 Å². The molecule has 0 radical (unpaired) electrons. The Bertz CT molecular complexity index is 1390. The normalized spacial score (nSPS) is 14.8. The maximum atomic E-state index is 14.4. The Morgan fingerprint density at radius 1 is 1.08 bits per heavy atom. The number of ether oxygens (including phenoxy) is 1. The number of carbonyl (C=O) groups is 2. The second kappa shape index (κ2) is 11.0. The summed E-state index contributed by atoms with van der Waals surface area (Å²) in [5.41, 5.74) is 0.852. The number of carbonyl (C=O) groups excluding carboxylic acids is 2. The largest absolute Gasteiger partial charge is 0.491 e. The molecule has 0 fully saturated rings. The van der Waals surface area contributed by atoms with Gasteiger partial charge in [-0.3, -0.25) is 9.59 Å². The van der Waals surface area contributed by atoms with Crippen molar-refractivity contribution < 1.29 is 27.5 Å².